The number of aromatic nitrogens is 2. The fourth-order valence-corrected chi connectivity index (χ4v) is 2.20. The molecule has 1 aromatic carbocycles. The standard InChI is InChI=1S/C14H15N3O2/c18-14(16-8-10-19-11-9-16)12-4-1-2-5-13(12)17-7-3-6-15-17/h1-7H,8-11H2. The summed E-state index contributed by atoms with van der Waals surface area (Å²) in [5.41, 5.74) is 1.48. The van der Waals surface area contributed by atoms with E-state index in [4.69, 9.17) is 4.74 Å². The summed E-state index contributed by atoms with van der Waals surface area (Å²) in [6, 6.07) is 9.37. The Labute approximate surface area is 111 Å². The smallest absolute Gasteiger partial charge is 0.256 e. The van der Waals surface area contributed by atoms with Gasteiger partial charge in [-0.3, -0.25) is 4.79 Å². The van der Waals surface area contributed by atoms with Crippen molar-refractivity contribution in [3.63, 3.8) is 0 Å². The van der Waals surface area contributed by atoms with Crippen LogP contribution in [0.4, 0.5) is 0 Å². The van der Waals surface area contributed by atoms with Crippen LogP contribution in [0.1, 0.15) is 10.4 Å². The van der Waals surface area contributed by atoms with Gasteiger partial charge in [0.05, 0.1) is 24.5 Å². The van der Waals surface area contributed by atoms with E-state index in [0.29, 0.717) is 31.9 Å². The van der Waals surface area contributed by atoms with Gasteiger partial charge in [0.15, 0.2) is 0 Å². The van der Waals surface area contributed by atoms with Gasteiger partial charge in [-0.05, 0) is 18.2 Å². The number of carbonyl (C=O) groups is 1. The van der Waals surface area contributed by atoms with Crippen LogP contribution in [0.2, 0.25) is 0 Å². The van der Waals surface area contributed by atoms with E-state index in [1.807, 2.05) is 41.4 Å². The first-order valence-electron chi connectivity index (χ1n) is 6.32. The zero-order valence-electron chi connectivity index (χ0n) is 10.5. The zero-order chi connectivity index (χ0) is 13.1. The van der Waals surface area contributed by atoms with Gasteiger partial charge in [0.25, 0.3) is 5.91 Å². The van der Waals surface area contributed by atoms with Crippen LogP contribution >= 0.6 is 0 Å². The number of benzene rings is 1. The minimum Gasteiger partial charge on any atom is -0.378 e. The monoisotopic (exact) mass is 257 g/mol. The third-order valence-corrected chi connectivity index (χ3v) is 3.18. The zero-order valence-corrected chi connectivity index (χ0v) is 10.5. The Morgan fingerprint density at radius 2 is 1.95 bits per heavy atom. The normalized spacial score (nSPS) is 15.5. The van der Waals surface area contributed by atoms with E-state index in [1.165, 1.54) is 0 Å². The third kappa shape index (κ3) is 2.37. The lowest BCUT2D eigenvalue weighted by Gasteiger charge is -2.27. The molecule has 98 valence electrons. The molecule has 5 heteroatoms. The van der Waals surface area contributed by atoms with Crippen LogP contribution < -0.4 is 0 Å². The number of amides is 1. The van der Waals surface area contributed by atoms with Crippen LogP contribution in [0, 0.1) is 0 Å². The number of hydrogen-bond acceptors (Lipinski definition) is 3. The van der Waals surface area contributed by atoms with Crippen LogP contribution in [0.25, 0.3) is 5.69 Å². The molecular formula is C14H15N3O2. The van der Waals surface area contributed by atoms with Crippen molar-refractivity contribution in [2.45, 2.75) is 0 Å². The van der Waals surface area contributed by atoms with Crippen molar-refractivity contribution < 1.29 is 9.53 Å². The van der Waals surface area contributed by atoms with Crippen molar-refractivity contribution in [2.75, 3.05) is 26.3 Å². The largest absolute Gasteiger partial charge is 0.378 e. The van der Waals surface area contributed by atoms with Crippen molar-refractivity contribution in [2.24, 2.45) is 0 Å². The van der Waals surface area contributed by atoms with Crippen LogP contribution in [0.5, 0.6) is 0 Å². The average Bonchev–Trinajstić information content (AvgIpc) is 3.01. The maximum absolute atomic E-state index is 12.5. The summed E-state index contributed by atoms with van der Waals surface area (Å²) in [5.74, 6) is 0.0365. The highest BCUT2D eigenvalue weighted by Crippen LogP contribution is 2.16. The third-order valence-electron chi connectivity index (χ3n) is 3.18. The van der Waals surface area contributed by atoms with E-state index in [-0.39, 0.29) is 5.91 Å². The summed E-state index contributed by atoms with van der Waals surface area (Å²) in [6.07, 6.45) is 3.54. The number of para-hydroxylation sites is 1. The fraction of sp³-hybridized carbons (Fsp3) is 0.286. The van der Waals surface area contributed by atoms with Crippen molar-refractivity contribution in [1.29, 1.82) is 0 Å². The van der Waals surface area contributed by atoms with Gasteiger partial charge in [-0.15, -0.1) is 0 Å². The summed E-state index contributed by atoms with van der Waals surface area (Å²) in [7, 11) is 0. The summed E-state index contributed by atoms with van der Waals surface area (Å²) in [6.45, 7) is 2.50. The number of morpholine rings is 1. The highest BCUT2D eigenvalue weighted by Gasteiger charge is 2.21. The molecule has 0 bridgehead atoms. The Hall–Kier alpha value is -2.14. The summed E-state index contributed by atoms with van der Waals surface area (Å²) in [5, 5.41) is 4.20. The molecule has 2 heterocycles. The maximum Gasteiger partial charge on any atom is 0.256 e. The Morgan fingerprint density at radius 3 is 2.68 bits per heavy atom. The topological polar surface area (TPSA) is 47.4 Å². The van der Waals surface area contributed by atoms with Gasteiger partial charge in [0.1, 0.15) is 0 Å². The van der Waals surface area contributed by atoms with Gasteiger partial charge < -0.3 is 9.64 Å². The summed E-state index contributed by atoms with van der Waals surface area (Å²) in [4.78, 5) is 14.4. The highest BCUT2D eigenvalue weighted by molar-refractivity contribution is 5.97. The molecule has 1 amide bonds. The molecule has 0 unspecified atom stereocenters. The average molecular weight is 257 g/mol. The molecule has 1 fully saturated rings. The second-order valence-corrected chi connectivity index (χ2v) is 4.37. The van der Waals surface area contributed by atoms with Crippen LogP contribution in [-0.2, 0) is 4.74 Å². The molecule has 3 rings (SSSR count). The van der Waals surface area contributed by atoms with Crippen molar-refractivity contribution in [1.82, 2.24) is 14.7 Å². The molecule has 2 aromatic rings. The molecule has 1 aromatic heterocycles. The second-order valence-electron chi connectivity index (χ2n) is 4.37. The molecular weight excluding hydrogens is 242 g/mol. The lowest BCUT2D eigenvalue weighted by atomic mass is 10.1. The van der Waals surface area contributed by atoms with E-state index in [0.717, 1.165) is 5.69 Å². The Bertz CT molecular complexity index is 560. The minimum absolute atomic E-state index is 0.0365. The van der Waals surface area contributed by atoms with Crippen molar-refractivity contribution in [3.05, 3.63) is 48.3 Å². The number of hydrogen-bond donors (Lipinski definition) is 0. The number of nitrogens with zero attached hydrogens (tertiary/aromatic N) is 3. The fourth-order valence-electron chi connectivity index (χ4n) is 2.20. The predicted octanol–water partition coefficient (Wildman–Crippen LogP) is 1.34. The lowest BCUT2D eigenvalue weighted by molar-refractivity contribution is 0.0303. The van der Waals surface area contributed by atoms with Crippen molar-refractivity contribution >= 4 is 5.91 Å². The molecule has 0 radical (unpaired) electrons. The number of ether oxygens (including phenoxy) is 1. The van der Waals surface area contributed by atoms with Gasteiger partial charge in [-0.25, -0.2) is 4.68 Å². The maximum atomic E-state index is 12.5. The first kappa shape index (κ1) is 11.9. The SMILES string of the molecule is O=C(c1ccccc1-n1cccn1)N1CCOCC1. The Kier molecular flexibility index (Phi) is 3.29. The first-order chi connectivity index (χ1) is 9.36. The number of rotatable bonds is 2. The van der Waals surface area contributed by atoms with Gasteiger partial charge in [0.2, 0.25) is 0 Å². The minimum atomic E-state index is 0.0365. The molecule has 1 aliphatic rings. The van der Waals surface area contributed by atoms with Crippen LogP contribution in [0.3, 0.4) is 0 Å². The molecule has 1 saturated heterocycles. The van der Waals surface area contributed by atoms with E-state index < -0.39 is 0 Å². The van der Waals surface area contributed by atoms with Crippen LogP contribution in [-0.4, -0.2) is 46.9 Å². The summed E-state index contributed by atoms with van der Waals surface area (Å²) < 4.78 is 6.99. The molecule has 0 saturated carbocycles. The Morgan fingerprint density at radius 1 is 1.16 bits per heavy atom. The molecule has 19 heavy (non-hydrogen) atoms. The predicted molar refractivity (Wildman–Crippen MR) is 70.3 cm³/mol. The van der Waals surface area contributed by atoms with E-state index in [9.17, 15) is 4.79 Å². The number of carbonyl (C=O) groups excluding carboxylic acids is 1. The Balaban J connectivity index is 1.94. The molecule has 0 atom stereocenters. The molecule has 1 aliphatic heterocycles. The van der Waals surface area contributed by atoms with Crippen LogP contribution in [0.15, 0.2) is 42.7 Å². The first-order valence-corrected chi connectivity index (χ1v) is 6.32. The molecule has 5 nitrogen and oxygen atoms in total. The molecule has 0 aliphatic carbocycles. The van der Waals surface area contributed by atoms with E-state index >= 15 is 0 Å². The van der Waals surface area contributed by atoms with Gasteiger partial charge in [0, 0.05) is 25.5 Å². The van der Waals surface area contributed by atoms with Crippen molar-refractivity contribution in [3.8, 4) is 5.69 Å². The highest BCUT2D eigenvalue weighted by atomic mass is 16.5. The van der Waals surface area contributed by atoms with Gasteiger partial charge >= 0.3 is 0 Å². The summed E-state index contributed by atoms with van der Waals surface area (Å²) >= 11 is 0. The quantitative estimate of drug-likeness (QED) is 0.815. The second kappa shape index (κ2) is 5.24. The van der Waals surface area contributed by atoms with Gasteiger partial charge in [-0.1, -0.05) is 12.1 Å². The van der Waals surface area contributed by atoms with E-state index in [2.05, 4.69) is 5.10 Å². The van der Waals surface area contributed by atoms with E-state index in [1.54, 1.807) is 10.9 Å². The lowest BCUT2D eigenvalue weighted by Crippen LogP contribution is -2.41. The molecule has 0 N–H and O–H groups in total. The molecule has 0 spiro atoms. The van der Waals surface area contributed by atoms with Gasteiger partial charge in [-0.2, -0.15) is 5.10 Å².